The molecular weight excluding hydrogens is 240 g/mol. The number of nitrogens with zero attached hydrogens (tertiary/aromatic N) is 1. The second-order valence-electron chi connectivity index (χ2n) is 4.22. The third kappa shape index (κ3) is 3.17. The molecule has 0 fully saturated rings. The monoisotopic (exact) mass is 254 g/mol. The number of benzene rings is 1. The summed E-state index contributed by atoms with van der Waals surface area (Å²) < 4.78 is 5.24. The summed E-state index contributed by atoms with van der Waals surface area (Å²) in [4.78, 5) is 20.8. The summed E-state index contributed by atoms with van der Waals surface area (Å²) >= 11 is 0. The van der Waals surface area contributed by atoms with E-state index in [0.717, 1.165) is 0 Å². The van der Waals surface area contributed by atoms with Crippen LogP contribution < -0.4 is 10.5 Å². The molecular formula is C11H14N2O5. The molecule has 1 rings (SSSR count). The zero-order valence-electron chi connectivity index (χ0n) is 10.0. The van der Waals surface area contributed by atoms with Crippen LogP contribution >= 0.6 is 0 Å². The van der Waals surface area contributed by atoms with E-state index in [1.54, 1.807) is 6.92 Å². The van der Waals surface area contributed by atoms with Gasteiger partial charge in [-0.05, 0) is 25.5 Å². The van der Waals surface area contributed by atoms with E-state index in [9.17, 15) is 14.9 Å². The van der Waals surface area contributed by atoms with Crippen LogP contribution in [0.2, 0.25) is 0 Å². The summed E-state index contributed by atoms with van der Waals surface area (Å²) in [6, 6.07) is 4.12. The number of nitro groups is 1. The van der Waals surface area contributed by atoms with E-state index >= 15 is 0 Å². The number of hydrogen-bond acceptors (Lipinski definition) is 5. The molecule has 0 saturated heterocycles. The summed E-state index contributed by atoms with van der Waals surface area (Å²) in [5, 5.41) is 19.4. The summed E-state index contributed by atoms with van der Waals surface area (Å²) in [7, 11) is 0. The van der Waals surface area contributed by atoms with Gasteiger partial charge in [-0.3, -0.25) is 14.9 Å². The Morgan fingerprint density at radius 2 is 2.22 bits per heavy atom. The predicted octanol–water partition coefficient (Wildman–Crippen LogP) is 1.08. The third-order valence-electron chi connectivity index (χ3n) is 2.40. The minimum Gasteiger partial charge on any atom is -0.491 e. The van der Waals surface area contributed by atoms with Gasteiger partial charge >= 0.3 is 5.97 Å². The fraction of sp³-hybridized carbons (Fsp3) is 0.364. The fourth-order valence-corrected chi connectivity index (χ4v) is 1.15. The van der Waals surface area contributed by atoms with Crippen molar-refractivity contribution in [1.29, 1.82) is 0 Å². The lowest BCUT2D eigenvalue weighted by molar-refractivity contribution is -0.385. The molecule has 1 aromatic carbocycles. The van der Waals surface area contributed by atoms with E-state index in [0.29, 0.717) is 5.56 Å². The minimum absolute atomic E-state index is 0.121. The minimum atomic E-state index is -1.54. The molecule has 98 valence electrons. The van der Waals surface area contributed by atoms with E-state index in [4.69, 9.17) is 15.6 Å². The number of carbonyl (C=O) groups is 1. The van der Waals surface area contributed by atoms with Crippen molar-refractivity contribution < 1.29 is 19.6 Å². The Balaban J connectivity index is 2.88. The molecule has 1 atom stereocenters. The normalized spacial score (nSPS) is 13.7. The lowest BCUT2D eigenvalue weighted by atomic mass is 10.1. The van der Waals surface area contributed by atoms with E-state index < -0.39 is 16.4 Å². The Morgan fingerprint density at radius 3 is 2.72 bits per heavy atom. The second-order valence-corrected chi connectivity index (χ2v) is 4.22. The standard InChI is InChI=1S/C11H14N2O5/c1-7-3-4-8(13(16)17)5-9(7)18-6-11(2,12)10(14)15/h3-5H,6,12H2,1-2H3,(H,14,15). The van der Waals surface area contributed by atoms with Gasteiger partial charge in [0.1, 0.15) is 17.9 Å². The largest absolute Gasteiger partial charge is 0.491 e. The maximum atomic E-state index is 10.8. The Labute approximate surface area is 103 Å². The van der Waals surface area contributed by atoms with Gasteiger partial charge in [0.2, 0.25) is 0 Å². The molecule has 0 amide bonds. The number of hydrogen-bond donors (Lipinski definition) is 2. The van der Waals surface area contributed by atoms with Crippen LogP contribution in [0.25, 0.3) is 0 Å². The third-order valence-corrected chi connectivity index (χ3v) is 2.40. The molecule has 1 unspecified atom stereocenters. The highest BCUT2D eigenvalue weighted by Gasteiger charge is 2.29. The Morgan fingerprint density at radius 1 is 1.61 bits per heavy atom. The molecule has 0 bridgehead atoms. The average Bonchev–Trinajstić information content (AvgIpc) is 2.27. The van der Waals surface area contributed by atoms with Gasteiger partial charge in [-0.25, -0.2) is 0 Å². The summed E-state index contributed by atoms with van der Waals surface area (Å²) in [5.74, 6) is -0.951. The van der Waals surface area contributed by atoms with Crippen molar-refractivity contribution >= 4 is 11.7 Å². The Kier molecular flexibility index (Phi) is 3.87. The zero-order valence-corrected chi connectivity index (χ0v) is 10.0. The van der Waals surface area contributed by atoms with Gasteiger partial charge in [0.15, 0.2) is 0 Å². The highest BCUT2D eigenvalue weighted by molar-refractivity contribution is 5.78. The first-order chi connectivity index (χ1) is 8.24. The van der Waals surface area contributed by atoms with Crippen LogP contribution in [0.3, 0.4) is 0 Å². The first kappa shape index (κ1) is 13.9. The second kappa shape index (κ2) is 5.01. The van der Waals surface area contributed by atoms with Crippen molar-refractivity contribution in [2.45, 2.75) is 19.4 Å². The van der Waals surface area contributed by atoms with Crippen LogP contribution in [0.15, 0.2) is 18.2 Å². The highest BCUT2D eigenvalue weighted by Crippen LogP contribution is 2.24. The molecule has 0 saturated carbocycles. The molecule has 0 radical (unpaired) electrons. The van der Waals surface area contributed by atoms with Gasteiger partial charge in [0.25, 0.3) is 5.69 Å². The molecule has 0 heterocycles. The quantitative estimate of drug-likeness (QED) is 0.600. The molecule has 1 aromatic rings. The first-order valence-electron chi connectivity index (χ1n) is 5.14. The lowest BCUT2D eigenvalue weighted by Gasteiger charge is -2.20. The molecule has 0 aliphatic heterocycles. The van der Waals surface area contributed by atoms with Crippen molar-refractivity contribution in [3.8, 4) is 5.75 Å². The summed E-state index contributed by atoms with van der Waals surface area (Å²) in [6.45, 7) is 2.74. The molecule has 0 aromatic heterocycles. The molecule has 0 spiro atoms. The SMILES string of the molecule is Cc1ccc([N+](=O)[O-])cc1OCC(C)(N)C(=O)O. The maximum Gasteiger partial charge on any atom is 0.326 e. The van der Waals surface area contributed by atoms with Crippen molar-refractivity contribution in [2.24, 2.45) is 5.73 Å². The molecule has 18 heavy (non-hydrogen) atoms. The smallest absolute Gasteiger partial charge is 0.326 e. The van der Waals surface area contributed by atoms with E-state index in [2.05, 4.69) is 0 Å². The number of aliphatic carboxylic acids is 1. The number of ether oxygens (including phenoxy) is 1. The van der Waals surface area contributed by atoms with Crippen molar-refractivity contribution in [3.05, 3.63) is 33.9 Å². The molecule has 7 nitrogen and oxygen atoms in total. The molecule has 3 N–H and O–H groups in total. The summed E-state index contributed by atoms with van der Waals surface area (Å²) in [5.41, 5.74) is 4.50. The molecule has 7 heteroatoms. The zero-order chi connectivity index (χ0) is 13.9. The number of aryl methyl sites for hydroxylation is 1. The van der Waals surface area contributed by atoms with Gasteiger partial charge in [0.05, 0.1) is 11.0 Å². The van der Waals surface area contributed by atoms with Gasteiger partial charge in [-0.15, -0.1) is 0 Å². The maximum absolute atomic E-state index is 10.8. The van der Waals surface area contributed by atoms with E-state index in [1.165, 1.54) is 25.1 Å². The topological polar surface area (TPSA) is 116 Å². The first-order valence-corrected chi connectivity index (χ1v) is 5.14. The van der Waals surface area contributed by atoms with Crippen LogP contribution in [-0.4, -0.2) is 28.1 Å². The highest BCUT2D eigenvalue weighted by atomic mass is 16.6. The number of nitro benzene ring substituents is 1. The fourth-order valence-electron chi connectivity index (χ4n) is 1.15. The van der Waals surface area contributed by atoms with Gasteiger partial charge in [-0.2, -0.15) is 0 Å². The molecule has 0 aliphatic rings. The van der Waals surface area contributed by atoms with E-state index in [1.807, 2.05) is 0 Å². The lowest BCUT2D eigenvalue weighted by Crippen LogP contribution is -2.50. The Bertz CT molecular complexity index is 484. The van der Waals surface area contributed by atoms with Crippen LogP contribution in [0.4, 0.5) is 5.69 Å². The van der Waals surface area contributed by atoms with Crippen molar-refractivity contribution in [3.63, 3.8) is 0 Å². The van der Waals surface area contributed by atoms with Gasteiger partial charge in [0, 0.05) is 6.07 Å². The summed E-state index contributed by atoms with van der Waals surface area (Å²) in [6.07, 6.45) is 0. The predicted molar refractivity (Wildman–Crippen MR) is 63.6 cm³/mol. The van der Waals surface area contributed by atoms with Crippen molar-refractivity contribution in [2.75, 3.05) is 6.61 Å². The number of rotatable bonds is 5. The van der Waals surface area contributed by atoms with Crippen LogP contribution in [-0.2, 0) is 4.79 Å². The van der Waals surface area contributed by atoms with Crippen LogP contribution in [0.5, 0.6) is 5.75 Å². The number of carboxylic acid groups (broad SMARTS) is 1. The van der Waals surface area contributed by atoms with E-state index in [-0.39, 0.29) is 18.0 Å². The Hall–Kier alpha value is -2.15. The van der Waals surface area contributed by atoms with Crippen molar-refractivity contribution in [1.82, 2.24) is 0 Å². The van der Waals surface area contributed by atoms with Gasteiger partial charge < -0.3 is 15.6 Å². The van der Waals surface area contributed by atoms with Gasteiger partial charge in [-0.1, -0.05) is 0 Å². The number of nitrogens with two attached hydrogens (primary N) is 1. The average molecular weight is 254 g/mol. The van der Waals surface area contributed by atoms with Crippen LogP contribution in [0.1, 0.15) is 12.5 Å². The number of carboxylic acids is 1. The number of non-ortho nitro benzene ring substituents is 1. The van der Waals surface area contributed by atoms with Crippen LogP contribution in [0, 0.1) is 17.0 Å². The molecule has 0 aliphatic carbocycles.